The molecule has 0 spiro atoms. The van der Waals surface area contributed by atoms with E-state index in [1.54, 1.807) is 18.2 Å². The van der Waals surface area contributed by atoms with E-state index in [4.69, 9.17) is 11.6 Å². The molecule has 0 unspecified atom stereocenters. The van der Waals surface area contributed by atoms with Gasteiger partial charge in [0.15, 0.2) is 0 Å². The molecule has 0 fully saturated rings. The topological polar surface area (TPSA) is 0 Å². The third kappa shape index (κ3) is 3.43. The van der Waals surface area contributed by atoms with Gasteiger partial charge in [0.25, 0.3) is 0 Å². The minimum Gasteiger partial charge on any atom is -0.166 e. The van der Waals surface area contributed by atoms with Crippen LogP contribution in [0.1, 0.15) is 5.56 Å². The van der Waals surface area contributed by atoms with Crippen molar-refractivity contribution in [2.45, 2.75) is 16.0 Å². The van der Waals surface area contributed by atoms with Crippen LogP contribution in [0.3, 0.4) is 0 Å². The Morgan fingerprint density at radius 2 is 1.56 bits per heavy atom. The van der Waals surface area contributed by atoms with Crippen molar-refractivity contribution in [3.8, 4) is 0 Å². The molecule has 0 radical (unpaired) electrons. The molecule has 0 amide bonds. The average Bonchev–Trinajstić information content (AvgIpc) is 2.28. The number of benzene rings is 2. The fourth-order valence-corrected chi connectivity index (χ4v) is 2.51. The van der Waals surface area contributed by atoms with Crippen molar-refractivity contribution in [1.82, 2.24) is 0 Å². The molecule has 0 aliphatic rings. The largest absolute Gasteiger partial charge is 0.416 e. The number of halogens is 4. The van der Waals surface area contributed by atoms with Crippen molar-refractivity contribution in [3.63, 3.8) is 0 Å². The van der Waals surface area contributed by atoms with E-state index in [1.807, 2.05) is 6.07 Å². The molecule has 5 heteroatoms. The van der Waals surface area contributed by atoms with Crippen LogP contribution in [0.15, 0.2) is 58.3 Å². The zero-order valence-corrected chi connectivity index (χ0v) is 10.6. The van der Waals surface area contributed by atoms with E-state index >= 15 is 0 Å². The fraction of sp³-hybridized carbons (Fsp3) is 0.0769. The van der Waals surface area contributed by atoms with Gasteiger partial charge < -0.3 is 0 Å². The highest BCUT2D eigenvalue weighted by Crippen LogP contribution is 2.33. The molecule has 2 aromatic carbocycles. The van der Waals surface area contributed by atoms with Crippen LogP contribution in [0, 0.1) is 0 Å². The van der Waals surface area contributed by atoms with Crippen molar-refractivity contribution in [2.75, 3.05) is 0 Å². The van der Waals surface area contributed by atoms with Gasteiger partial charge in [-0.1, -0.05) is 29.4 Å². The molecule has 2 aromatic rings. The Kier molecular flexibility index (Phi) is 3.88. The molecule has 94 valence electrons. The maximum absolute atomic E-state index is 12.4. The van der Waals surface area contributed by atoms with E-state index in [2.05, 4.69) is 0 Å². The Labute approximate surface area is 112 Å². The smallest absolute Gasteiger partial charge is 0.166 e. The molecular weight excluding hydrogens is 281 g/mol. The summed E-state index contributed by atoms with van der Waals surface area (Å²) in [6.07, 6.45) is -4.29. The fourth-order valence-electron chi connectivity index (χ4n) is 1.38. The lowest BCUT2D eigenvalue weighted by Gasteiger charge is -2.07. The highest BCUT2D eigenvalue weighted by atomic mass is 35.5. The van der Waals surface area contributed by atoms with Crippen LogP contribution >= 0.6 is 23.4 Å². The highest BCUT2D eigenvalue weighted by Gasteiger charge is 2.29. The first-order chi connectivity index (χ1) is 8.45. The van der Waals surface area contributed by atoms with Crippen LogP contribution in [-0.2, 0) is 6.18 Å². The molecule has 0 saturated carbocycles. The number of hydrogen-bond acceptors (Lipinski definition) is 1. The van der Waals surface area contributed by atoms with Crippen LogP contribution < -0.4 is 0 Å². The lowest BCUT2D eigenvalue weighted by atomic mass is 10.2. The monoisotopic (exact) mass is 288 g/mol. The SMILES string of the molecule is FC(F)(F)c1ccc(Sc2cccc(Cl)c2)cc1. The summed E-state index contributed by atoms with van der Waals surface area (Å²) in [6.45, 7) is 0. The minimum absolute atomic E-state index is 0.604. The van der Waals surface area contributed by atoms with Crippen molar-refractivity contribution >= 4 is 23.4 Å². The Morgan fingerprint density at radius 1 is 0.889 bits per heavy atom. The summed E-state index contributed by atoms with van der Waals surface area (Å²) in [4.78, 5) is 1.63. The van der Waals surface area contributed by atoms with E-state index in [1.165, 1.54) is 23.9 Å². The zero-order valence-electron chi connectivity index (χ0n) is 9.04. The van der Waals surface area contributed by atoms with E-state index in [0.29, 0.717) is 5.02 Å². The van der Waals surface area contributed by atoms with Crippen molar-refractivity contribution in [1.29, 1.82) is 0 Å². The molecular formula is C13H8ClF3S. The van der Waals surface area contributed by atoms with Crippen molar-refractivity contribution in [2.24, 2.45) is 0 Å². The first kappa shape index (κ1) is 13.3. The maximum atomic E-state index is 12.4. The first-order valence-electron chi connectivity index (χ1n) is 5.06. The minimum atomic E-state index is -4.29. The average molecular weight is 289 g/mol. The Hall–Kier alpha value is -1.13. The second-order valence-corrected chi connectivity index (χ2v) is 5.16. The summed E-state index contributed by atoms with van der Waals surface area (Å²) in [5.41, 5.74) is -0.641. The van der Waals surface area contributed by atoms with E-state index in [0.717, 1.165) is 21.9 Å². The summed E-state index contributed by atoms with van der Waals surface area (Å²) < 4.78 is 37.1. The summed E-state index contributed by atoms with van der Waals surface area (Å²) >= 11 is 7.20. The second kappa shape index (κ2) is 5.24. The van der Waals surface area contributed by atoms with Gasteiger partial charge in [-0.2, -0.15) is 13.2 Å². The molecule has 0 heterocycles. The van der Waals surface area contributed by atoms with Gasteiger partial charge in [0, 0.05) is 14.8 Å². The van der Waals surface area contributed by atoms with Crippen LogP contribution in [-0.4, -0.2) is 0 Å². The van der Waals surface area contributed by atoms with Gasteiger partial charge >= 0.3 is 6.18 Å². The molecule has 0 atom stereocenters. The van der Waals surface area contributed by atoms with Gasteiger partial charge in [-0.05, 0) is 42.5 Å². The Balaban J connectivity index is 2.16. The molecule has 0 bridgehead atoms. The molecule has 0 aliphatic heterocycles. The number of alkyl halides is 3. The quantitative estimate of drug-likeness (QED) is 0.702. The van der Waals surface area contributed by atoms with E-state index in [-0.39, 0.29) is 0 Å². The van der Waals surface area contributed by atoms with Gasteiger partial charge in [0.05, 0.1) is 5.56 Å². The molecule has 0 nitrogen and oxygen atoms in total. The third-order valence-corrected chi connectivity index (χ3v) is 3.45. The molecule has 0 aliphatic carbocycles. The molecule has 2 rings (SSSR count). The number of hydrogen-bond donors (Lipinski definition) is 0. The van der Waals surface area contributed by atoms with E-state index in [9.17, 15) is 13.2 Å². The predicted octanol–water partition coefficient (Wildman–Crippen LogP) is 5.51. The van der Waals surface area contributed by atoms with Gasteiger partial charge in [-0.3, -0.25) is 0 Å². The first-order valence-corrected chi connectivity index (χ1v) is 6.25. The summed E-state index contributed by atoms with van der Waals surface area (Å²) in [5.74, 6) is 0. The summed E-state index contributed by atoms with van der Waals surface area (Å²) in [7, 11) is 0. The zero-order chi connectivity index (χ0) is 13.2. The normalized spacial score (nSPS) is 11.6. The highest BCUT2D eigenvalue weighted by molar-refractivity contribution is 7.99. The van der Waals surface area contributed by atoms with Crippen LogP contribution in [0.5, 0.6) is 0 Å². The predicted molar refractivity (Wildman–Crippen MR) is 67.0 cm³/mol. The van der Waals surface area contributed by atoms with Gasteiger partial charge in [0.2, 0.25) is 0 Å². The number of rotatable bonds is 2. The van der Waals surface area contributed by atoms with Crippen LogP contribution in [0.2, 0.25) is 5.02 Å². The summed E-state index contributed by atoms with van der Waals surface area (Å²) in [5, 5.41) is 0.604. The molecule has 18 heavy (non-hydrogen) atoms. The standard InChI is InChI=1S/C13H8ClF3S/c14-10-2-1-3-12(8-10)18-11-6-4-9(5-7-11)13(15,16)17/h1-8H. The second-order valence-electron chi connectivity index (χ2n) is 3.58. The maximum Gasteiger partial charge on any atom is 0.416 e. The Bertz CT molecular complexity index is 535. The van der Waals surface area contributed by atoms with Gasteiger partial charge in [0.1, 0.15) is 0 Å². The van der Waals surface area contributed by atoms with Gasteiger partial charge in [-0.25, -0.2) is 0 Å². The van der Waals surface area contributed by atoms with Crippen LogP contribution in [0.25, 0.3) is 0 Å². The molecule has 0 aromatic heterocycles. The lowest BCUT2D eigenvalue weighted by molar-refractivity contribution is -0.137. The molecule has 0 N–H and O–H groups in total. The van der Waals surface area contributed by atoms with Crippen LogP contribution in [0.4, 0.5) is 13.2 Å². The molecule has 0 saturated heterocycles. The summed E-state index contributed by atoms with van der Waals surface area (Å²) in [6, 6.07) is 12.2. The van der Waals surface area contributed by atoms with Gasteiger partial charge in [-0.15, -0.1) is 0 Å². The van der Waals surface area contributed by atoms with Crippen molar-refractivity contribution < 1.29 is 13.2 Å². The van der Waals surface area contributed by atoms with Crippen molar-refractivity contribution in [3.05, 3.63) is 59.1 Å². The Morgan fingerprint density at radius 3 is 2.11 bits per heavy atom. The lowest BCUT2D eigenvalue weighted by Crippen LogP contribution is -2.03. The third-order valence-electron chi connectivity index (χ3n) is 2.21. The van der Waals surface area contributed by atoms with E-state index < -0.39 is 11.7 Å².